The van der Waals surface area contributed by atoms with Crippen molar-refractivity contribution in [3.63, 3.8) is 0 Å². The van der Waals surface area contributed by atoms with Gasteiger partial charge >= 0.3 is 0 Å². The fraction of sp³-hybridized carbons (Fsp3) is 0.100. The molecule has 4 rings (SSSR count). The molecule has 2 heterocycles. The number of H-pyrrole nitrogens is 1. The highest BCUT2D eigenvalue weighted by atomic mass is 32.1. The van der Waals surface area contributed by atoms with Crippen LogP contribution >= 0.6 is 11.3 Å². The van der Waals surface area contributed by atoms with E-state index < -0.39 is 17.1 Å². The lowest BCUT2D eigenvalue weighted by Crippen LogP contribution is -2.04. The molecule has 0 bridgehead atoms. The minimum atomic E-state index is -0.734. The van der Waals surface area contributed by atoms with E-state index in [9.17, 15) is 15.0 Å². The van der Waals surface area contributed by atoms with Crippen molar-refractivity contribution in [3.8, 4) is 44.8 Å². The fourth-order valence-corrected chi connectivity index (χ4v) is 3.76. The number of nitrogens with zero attached hydrogens (tertiary/aromatic N) is 1. The number of benzene rings is 2. The van der Waals surface area contributed by atoms with E-state index in [1.165, 1.54) is 11.3 Å². The predicted octanol–water partition coefficient (Wildman–Crippen LogP) is 3.75. The largest absolute Gasteiger partial charge is 0.504 e. The molecule has 2 aromatic heterocycles. The van der Waals surface area contributed by atoms with Crippen LogP contribution in [0.1, 0.15) is 0 Å². The number of hydrogen-bond acceptors (Lipinski definition) is 7. The Labute approximate surface area is 163 Å². The molecule has 4 aromatic rings. The Kier molecular flexibility index (Phi) is 4.40. The summed E-state index contributed by atoms with van der Waals surface area (Å²) in [6.07, 6.45) is 0. The van der Waals surface area contributed by atoms with Crippen LogP contribution in [0.5, 0.6) is 23.0 Å². The van der Waals surface area contributed by atoms with Gasteiger partial charge in [-0.3, -0.25) is 4.79 Å². The summed E-state index contributed by atoms with van der Waals surface area (Å²) in [4.78, 5) is 18.8. The van der Waals surface area contributed by atoms with Crippen molar-refractivity contribution in [2.24, 2.45) is 0 Å². The normalized spacial score (nSPS) is 10.9. The van der Waals surface area contributed by atoms with Gasteiger partial charge in [-0.05, 0) is 30.3 Å². The van der Waals surface area contributed by atoms with E-state index in [1.807, 2.05) is 23.6 Å². The zero-order chi connectivity index (χ0) is 19.8. The van der Waals surface area contributed by atoms with E-state index >= 15 is 0 Å². The van der Waals surface area contributed by atoms with E-state index in [1.54, 1.807) is 32.4 Å². The third-order valence-corrected chi connectivity index (χ3v) is 5.28. The molecule has 28 heavy (non-hydrogen) atoms. The fourth-order valence-electron chi connectivity index (χ4n) is 2.93. The Bertz CT molecular complexity index is 1250. The second-order valence-electron chi connectivity index (χ2n) is 6.02. The molecular formula is C20H16N2O5S. The molecule has 0 atom stereocenters. The molecule has 2 aromatic carbocycles. The highest BCUT2D eigenvalue weighted by molar-refractivity contribution is 7.13. The lowest BCUT2D eigenvalue weighted by atomic mass is 10.1. The summed E-state index contributed by atoms with van der Waals surface area (Å²) in [5.41, 5.74) is 2.04. The number of thiazole rings is 1. The van der Waals surface area contributed by atoms with Crippen LogP contribution in [0.3, 0.4) is 0 Å². The molecule has 0 unspecified atom stereocenters. The summed E-state index contributed by atoms with van der Waals surface area (Å²) in [6.45, 7) is 0. The zero-order valence-electron chi connectivity index (χ0n) is 15.0. The monoisotopic (exact) mass is 396 g/mol. The summed E-state index contributed by atoms with van der Waals surface area (Å²) in [7, 11) is 3.16. The number of nitrogens with one attached hydrogen (secondary N) is 1. The molecular weight excluding hydrogens is 380 g/mol. The Morgan fingerprint density at radius 2 is 1.71 bits per heavy atom. The van der Waals surface area contributed by atoms with Crippen LogP contribution in [0.25, 0.3) is 32.7 Å². The van der Waals surface area contributed by atoms with Gasteiger partial charge < -0.3 is 24.7 Å². The number of rotatable bonds is 4. The van der Waals surface area contributed by atoms with Crippen molar-refractivity contribution in [1.29, 1.82) is 0 Å². The second-order valence-corrected chi connectivity index (χ2v) is 6.88. The molecule has 0 radical (unpaired) electrons. The van der Waals surface area contributed by atoms with Crippen LogP contribution in [-0.4, -0.2) is 34.4 Å². The number of aromatic nitrogens is 2. The van der Waals surface area contributed by atoms with Crippen LogP contribution < -0.4 is 15.0 Å². The van der Waals surface area contributed by atoms with E-state index in [0.29, 0.717) is 28.1 Å². The van der Waals surface area contributed by atoms with Crippen LogP contribution in [0.15, 0.2) is 46.6 Å². The third kappa shape index (κ3) is 2.93. The van der Waals surface area contributed by atoms with E-state index in [4.69, 9.17) is 9.47 Å². The molecule has 142 valence electrons. The molecule has 8 heteroatoms. The molecule has 0 amide bonds. The van der Waals surface area contributed by atoms with Gasteiger partial charge in [0, 0.05) is 21.9 Å². The minimum Gasteiger partial charge on any atom is -0.504 e. The topological polar surface area (TPSA) is 105 Å². The maximum atomic E-state index is 11.6. The van der Waals surface area contributed by atoms with Gasteiger partial charge in [0.25, 0.3) is 5.56 Å². The Morgan fingerprint density at radius 1 is 0.964 bits per heavy atom. The Hall–Kier alpha value is -3.52. The second kappa shape index (κ2) is 6.90. The summed E-state index contributed by atoms with van der Waals surface area (Å²) in [5, 5.41) is 22.8. The summed E-state index contributed by atoms with van der Waals surface area (Å²) >= 11 is 1.47. The molecule has 7 nitrogen and oxygen atoms in total. The molecule has 0 aliphatic heterocycles. The number of ether oxygens (including phenoxy) is 2. The standard InChI is InChI=1S/C20H16N2O5S/c1-26-15-6-4-11(8-16(15)27-2)20-22-14(9-28-20)10-3-5-13-12(7-10)17(23)18(24)19(25)21-13/h3-9,24H,1-2H3,(H2,21,23,25). The van der Waals surface area contributed by atoms with Gasteiger partial charge in [-0.25, -0.2) is 4.98 Å². The summed E-state index contributed by atoms with van der Waals surface area (Å²) in [6, 6.07) is 10.7. The maximum Gasteiger partial charge on any atom is 0.294 e. The van der Waals surface area contributed by atoms with Crippen LogP contribution in [0.4, 0.5) is 0 Å². The van der Waals surface area contributed by atoms with Crippen LogP contribution in [-0.2, 0) is 0 Å². The van der Waals surface area contributed by atoms with Crippen LogP contribution in [0, 0.1) is 0 Å². The molecule has 0 saturated carbocycles. The Balaban J connectivity index is 1.76. The van der Waals surface area contributed by atoms with Gasteiger partial charge in [-0.2, -0.15) is 0 Å². The van der Waals surface area contributed by atoms with Gasteiger partial charge in [0.05, 0.1) is 25.4 Å². The van der Waals surface area contributed by atoms with Gasteiger partial charge in [0.15, 0.2) is 17.2 Å². The number of pyridine rings is 1. The molecule has 0 spiro atoms. The number of methoxy groups -OCH3 is 2. The van der Waals surface area contributed by atoms with Gasteiger partial charge in [-0.15, -0.1) is 11.3 Å². The lowest BCUT2D eigenvalue weighted by Gasteiger charge is -2.08. The van der Waals surface area contributed by atoms with Gasteiger partial charge in [-0.1, -0.05) is 6.07 Å². The Morgan fingerprint density at radius 3 is 2.46 bits per heavy atom. The number of aromatic amines is 1. The van der Waals surface area contributed by atoms with E-state index in [0.717, 1.165) is 16.1 Å². The highest BCUT2D eigenvalue weighted by Crippen LogP contribution is 2.36. The van der Waals surface area contributed by atoms with Crippen molar-refractivity contribution in [2.45, 2.75) is 0 Å². The van der Waals surface area contributed by atoms with Gasteiger partial charge in [0.2, 0.25) is 5.75 Å². The SMILES string of the molecule is COc1ccc(-c2nc(-c3ccc4[nH]c(=O)c(O)c(O)c4c3)cs2)cc1OC. The van der Waals surface area contributed by atoms with Crippen molar-refractivity contribution in [3.05, 3.63) is 52.1 Å². The first kappa shape index (κ1) is 17.9. The zero-order valence-corrected chi connectivity index (χ0v) is 15.8. The lowest BCUT2D eigenvalue weighted by molar-refractivity contribution is 0.355. The first-order chi connectivity index (χ1) is 13.5. The third-order valence-electron chi connectivity index (χ3n) is 4.39. The van der Waals surface area contributed by atoms with Crippen molar-refractivity contribution in [2.75, 3.05) is 14.2 Å². The first-order valence-electron chi connectivity index (χ1n) is 8.28. The van der Waals surface area contributed by atoms with E-state index in [-0.39, 0.29) is 0 Å². The number of fused-ring (bicyclic) bond motifs is 1. The predicted molar refractivity (Wildman–Crippen MR) is 108 cm³/mol. The smallest absolute Gasteiger partial charge is 0.294 e. The van der Waals surface area contributed by atoms with E-state index in [2.05, 4.69) is 9.97 Å². The molecule has 3 N–H and O–H groups in total. The molecule has 0 fully saturated rings. The van der Waals surface area contributed by atoms with Crippen molar-refractivity contribution in [1.82, 2.24) is 9.97 Å². The number of hydrogen-bond donors (Lipinski definition) is 3. The summed E-state index contributed by atoms with van der Waals surface area (Å²) in [5.74, 6) is 0.110. The average molecular weight is 396 g/mol. The van der Waals surface area contributed by atoms with Crippen LogP contribution in [0.2, 0.25) is 0 Å². The van der Waals surface area contributed by atoms with Crippen molar-refractivity contribution >= 4 is 22.2 Å². The maximum absolute atomic E-state index is 11.6. The minimum absolute atomic E-state index is 0.343. The summed E-state index contributed by atoms with van der Waals surface area (Å²) < 4.78 is 10.6. The molecule has 0 saturated heterocycles. The quantitative estimate of drug-likeness (QED) is 0.485. The van der Waals surface area contributed by atoms with Crippen molar-refractivity contribution < 1.29 is 19.7 Å². The number of aromatic hydroxyl groups is 2. The first-order valence-corrected chi connectivity index (χ1v) is 9.16. The molecule has 0 aliphatic rings. The van der Waals surface area contributed by atoms with Gasteiger partial charge in [0.1, 0.15) is 5.01 Å². The average Bonchev–Trinajstić information content (AvgIpc) is 3.21. The molecule has 0 aliphatic carbocycles. The highest BCUT2D eigenvalue weighted by Gasteiger charge is 2.14.